The van der Waals surface area contributed by atoms with Gasteiger partial charge in [0, 0.05) is 17.9 Å². The molecule has 1 heterocycles. The Morgan fingerprint density at radius 2 is 1.87 bits per heavy atom. The molecule has 0 saturated carbocycles. The number of amides is 1. The molecule has 2 rings (SSSR count). The molecule has 4 nitrogen and oxygen atoms in total. The van der Waals surface area contributed by atoms with E-state index in [0.717, 1.165) is 11.4 Å². The summed E-state index contributed by atoms with van der Waals surface area (Å²) in [5.41, 5.74) is 3.96. The maximum Gasteiger partial charge on any atom is 0.253 e. The molecule has 4 heteroatoms. The number of benzene rings is 1. The fourth-order valence-corrected chi connectivity index (χ4v) is 2.97. The number of rotatable bonds is 6. The van der Waals surface area contributed by atoms with E-state index in [9.17, 15) is 9.90 Å². The lowest BCUT2D eigenvalue weighted by molar-refractivity contribution is 0.0945. The van der Waals surface area contributed by atoms with Gasteiger partial charge in [-0.1, -0.05) is 30.3 Å². The average Bonchev–Trinajstić information content (AvgIpc) is 2.82. The summed E-state index contributed by atoms with van der Waals surface area (Å²) >= 11 is 0. The van der Waals surface area contributed by atoms with Crippen LogP contribution in [0.3, 0.4) is 0 Å². The van der Waals surface area contributed by atoms with Crippen LogP contribution in [0.5, 0.6) is 0 Å². The molecule has 0 saturated heterocycles. The Hall–Kier alpha value is -2.07. The minimum Gasteiger partial charge on any atom is -0.393 e. The topological polar surface area (TPSA) is 54.3 Å². The van der Waals surface area contributed by atoms with Crippen LogP contribution in [-0.4, -0.2) is 28.2 Å². The molecule has 0 fully saturated rings. The van der Waals surface area contributed by atoms with Crippen molar-refractivity contribution in [2.75, 3.05) is 6.54 Å². The van der Waals surface area contributed by atoms with Crippen LogP contribution < -0.4 is 5.32 Å². The summed E-state index contributed by atoms with van der Waals surface area (Å²) in [5.74, 6) is -0.0785. The highest BCUT2D eigenvalue weighted by molar-refractivity contribution is 5.95. The summed E-state index contributed by atoms with van der Waals surface area (Å²) < 4.78 is 2.19. The van der Waals surface area contributed by atoms with E-state index in [1.807, 2.05) is 38.1 Å². The van der Waals surface area contributed by atoms with Gasteiger partial charge in [0.25, 0.3) is 5.91 Å². The Bertz CT molecular complexity index is 660. The molecule has 124 valence electrons. The first kappa shape index (κ1) is 17.3. The SMILES string of the molecule is Cc1cc(C(=O)NCCC(C)O)c(C)n1C(C)c1ccccc1. The van der Waals surface area contributed by atoms with Crippen LogP contribution in [0, 0.1) is 13.8 Å². The zero-order chi connectivity index (χ0) is 17.0. The van der Waals surface area contributed by atoms with E-state index in [2.05, 4.69) is 28.9 Å². The zero-order valence-corrected chi connectivity index (χ0v) is 14.3. The highest BCUT2D eigenvalue weighted by Gasteiger charge is 2.19. The van der Waals surface area contributed by atoms with Crippen LogP contribution >= 0.6 is 0 Å². The summed E-state index contributed by atoms with van der Waals surface area (Å²) in [5, 5.41) is 12.2. The zero-order valence-electron chi connectivity index (χ0n) is 14.3. The first-order valence-electron chi connectivity index (χ1n) is 8.11. The Labute approximate surface area is 138 Å². The van der Waals surface area contributed by atoms with Crippen molar-refractivity contribution in [1.29, 1.82) is 0 Å². The highest BCUT2D eigenvalue weighted by Crippen LogP contribution is 2.25. The lowest BCUT2D eigenvalue weighted by Gasteiger charge is -2.19. The fourth-order valence-electron chi connectivity index (χ4n) is 2.97. The van der Waals surface area contributed by atoms with Gasteiger partial charge in [0.05, 0.1) is 17.7 Å². The van der Waals surface area contributed by atoms with Crippen molar-refractivity contribution in [2.24, 2.45) is 0 Å². The standard InChI is InChI=1S/C19H26N2O2/c1-13-12-18(19(23)20-11-10-14(2)22)16(4)21(13)15(3)17-8-6-5-7-9-17/h5-9,12,14-15,22H,10-11H2,1-4H3,(H,20,23). The quantitative estimate of drug-likeness (QED) is 0.860. The van der Waals surface area contributed by atoms with Gasteiger partial charge in [-0.2, -0.15) is 0 Å². The van der Waals surface area contributed by atoms with Crippen molar-refractivity contribution in [1.82, 2.24) is 9.88 Å². The van der Waals surface area contributed by atoms with Gasteiger partial charge in [-0.05, 0) is 45.7 Å². The van der Waals surface area contributed by atoms with Crippen LogP contribution in [0.15, 0.2) is 36.4 Å². The third-order valence-corrected chi connectivity index (χ3v) is 4.25. The number of aliphatic hydroxyl groups excluding tert-OH is 1. The van der Waals surface area contributed by atoms with Crippen LogP contribution in [0.4, 0.5) is 0 Å². The second-order valence-electron chi connectivity index (χ2n) is 6.14. The van der Waals surface area contributed by atoms with Crippen molar-refractivity contribution < 1.29 is 9.90 Å². The van der Waals surface area contributed by atoms with Gasteiger partial charge >= 0.3 is 0 Å². The van der Waals surface area contributed by atoms with Crippen LogP contribution in [-0.2, 0) is 0 Å². The summed E-state index contributed by atoms with van der Waals surface area (Å²) in [6, 6.07) is 12.4. The van der Waals surface area contributed by atoms with Crippen molar-refractivity contribution >= 4 is 5.91 Å². The Kier molecular flexibility index (Phi) is 5.61. The monoisotopic (exact) mass is 314 g/mol. The molecule has 23 heavy (non-hydrogen) atoms. The summed E-state index contributed by atoms with van der Waals surface area (Å²) in [4.78, 5) is 12.4. The molecule has 2 N–H and O–H groups in total. The van der Waals surface area contributed by atoms with E-state index in [1.54, 1.807) is 6.92 Å². The minimum absolute atomic E-state index is 0.0785. The Balaban J connectivity index is 2.21. The van der Waals surface area contributed by atoms with Gasteiger partial charge in [0.1, 0.15) is 0 Å². The maximum atomic E-state index is 12.4. The predicted molar refractivity (Wildman–Crippen MR) is 92.8 cm³/mol. The minimum atomic E-state index is -0.402. The van der Waals surface area contributed by atoms with E-state index in [4.69, 9.17) is 0 Å². The molecule has 0 bridgehead atoms. The number of nitrogens with one attached hydrogen (secondary N) is 1. The van der Waals surface area contributed by atoms with Gasteiger partial charge in [-0.15, -0.1) is 0 Å². The van der Waals surface area contributed by atoms with Gasteiger partial charge < -0.3 is 15.0 Å². The smallest absolute Gasteiger partial charge is 0.253 e. The molecule has 1 amide bonds. The van der Waals surface area contributed by atoms with Gasteiger partial charge in [-0.3, -0.25) is 4.79 Å². The fraction of sp³-hybridized carbons (Fsp3) is 0.421. The van der Waals surface area contributed by atoms with E-state index >= 15 is 0 Å². The lowest BCUT2D eigenvalue weighted by atomic mass is 10.1. The van der Waals surface area contributed by atoms with E-state index < -0.39 is 6.10 Å². The largest absolute Gasteiger partial charge is 0.393 e. The molecule has 1 aromatic carbocycles. The van der Waals surface area contributed by atoms with Crippen molar-refractivity contribution in [3.8, 4) is 0 Å². The number of aryl methyl sites for hydroxylation is 1. The van der Waals surface area contributed by atoms with Gasteiger partial charge in [-0.25, -0.2) is 0 Å². The van der Waals surface area contributed by atoms with E-state index in [-0.39, 0.29) is 11.9 Å². The van der Waals surface area contributed by atoms with Crippen molar-refractivity contribution in [2.45, 2.75) is 46.3 Å². The molecule has 0 radical (unpaired) electrons. The number of aliphatic hydroxyl groups is 1. The van der Waals surface area contributed by atoms with E-state index in [1.165, 1.54) is 5.56 Å². The molecule has 0 aliphatic rings. The van der Waals surface area contributed by atoms with Gasteiger partial charge in [0.2, 0.25) is 0 Å². The molecule has 0 aliphatic heterocycles. The number of hydrogen-bond acceptors (Lipinski definition) is 2. The number of nitrogens with zero attached hydrogens (tertiary/aromatic N) is 1. The summed E-state index contributed by atoms with van der Waals surface area (Å²) in [6.07, 6.45) is 0.158. The van der Waals surface area contributed by atoms with Crippen LogP contribution in [0.1, 0.15) is 53.6 Å². The lowest BCUT2D eigenvalue weighted by Crippen LogP contribution is -2.27. The van der Waals surface area contributed by atoms with Gasteiger partial charge in [0.15, 0.2) is 0 Å². The van der Waals surface area contributed by atoms with Crippen molar-refractivity contribution in [3.63, 3.8) is 0 Å². The number of carbonyl (C=O) groups excluding carboxylic acids is 1. The molecular weight excluding hydrogens is 288 g/mol. The normalized spacial score (nSPS) is 13.6. The predicted octanol–water partition coefficient (Wildman–Crippen LogP) is 3.21. The number of hydrogen-bond donors (Lipinski definition) is 2. The molecular formula is C19H26N2O2. The average molecular weight is 314 g/mol. The first-order valence-corrected chi connectivity index (χ1v) is 8.11. The van der Waals surface area contributed by atoms with Crippen molar-refractivity contribution in [3.05, 3.63) is 58.9 Å². The van der Waals surface area contributed by atoms with E-state index in [0.29, 0.717) is 18.5 Å². The maximum absolute atomic E-state index is 12.4. The molecule has 0 aliphatic carbocycles. The Morgan fingerprint density at radius 3 is 2.48 bits per heavy atom. The molecule has 0 spiro atoms. The number of aromatic nitrogens is 1. The molecule has 2 aromatic rings. The summed E-state index contributed by atoms with van der Waals surface area (Å²) in [7, 11) is 0. The third-order valence-electron chi connectivity index (χ3n) is 4.25. The Morgan fingerprint density at radius 1 is 1.22 bits per heavy atom. The summed E-state index contributed by atoms with van der Waals surface area (Å²) in [6.45, 7) is 8.35. The second kappa shape index (κ2) is 7.47. The molecule has 2 atom stereocenters. The highest BCUT2D eigenvalue weighted by atomic mass is 16.3. The van der Waals surface area contributed by atoms with Crippen LogP contribution in [0.25, 0.3) is 0 Å². The first-order chi connectivity index (χ1) is 10.9. The van der Waals surface area contributed by atoms with Crippen LogP contribution in [0.2, 0.25) is 0 Å². The molecule has 1 aromatic heterocycles. The molecule has 2 unspecified atom stereocenters. The third kappa shape index (κ3) is 4.02. The second-order valence-corrected chi connectivity index (χ2v) is 6.14. The number of carbonyl (C=O) groups is 1.